The van der Waals surface area contributed by atoms with Crippen molar-refractivity contribution in [2.75, 3.05) is 18.6 Å². The molecular formula is C13H19NO5S2. The van der Waals surface area contributed by atoms with Gasteiger partial charge in [-0.2, -0.15) is 4.31 Å². The Bertz CT molecular complexity index is 740. The van der Waals surface area contributed by atoms with Crippen molar-refractivity contribution >= 4 is 19.9 Å². The Kier molecular flexibility index (Phi) is 4.44. The van der Waals surface area contributed by atoms with Crippen LogP contribution in [0.1, 0.15) is 17.5 Å². The van der Waals surface area contributed by atoms with Crippen LogP contribution < -0.4 is 0 Å². The zero-order chi connectivity index (χ0) is 15.8. The lowest BCUT2D eigenvalue weighted by Crippen LogP contribution is -2.38. The van der Waals surface area contributed by atoms with Gasteiger partial charge in [-0.3, -0.25) is 0 Å². The molecule has 0 aliphatic carbocycles. The summed E-state index contributed by atoms with van der Waals surface area (Å²) in [4.78, 5) is 0.112. The number of benzene rings is 1. The predicted octanol–water partition coefficient (Wildman–Crippen LogP) is 0.295. The molecule has 118 valence electrons. The molecule has 0 radical (unpaired) electrons. The summed E-state index contributed by atoms with van der Waals surface area (Å²) in [5.41, 5.74) is 1.04. The molecule has 0 spiro atoms. The Morgan fingerprint density at radius 3 is 2.57 bits per heavy atom. The summed E-state index contributed by atoms with van der Waals surface area (Å²) in [6.45, 7) is 1.40. The molecule has 21 heavy (non-hydrogen) atoms. The van der Waals surface area contributed by atoms with E-state index in [2.05, 4.69) is 0 Å². The average molecular weight is 333 g/mol. The Morgan fingerprint density at radius 2 is 2.05 bits per heavy atom. The Labute approximate surface area is 125 Å². The highest BCUT2D eigenvalue weighted by Crippen LogP contribution is 2.26. The topological polar surface area (TPSA) is 91.8 Å². The van der Waals surface area contributed by atoms with Crippen LogP contribution in [0.2, 0.25) is 0 Å². The predicted molar refractivity (Wildman–Crippen MR) is 79.1 cm³/mol. The van der Waals surface area contributed by atoms with Gasteiger partial charge in [0.25, 0.3) is 0 Å². The number of aliphatic hydroxyl groups is 1. The summed E-state index contributed by atoms with van der Waals surface area (Å²) in [6, 6.07) is 4.18. The van der Waals surface area contributed by atoms with E-state index < -0.39 is 25.9 Å². The molecule has 1 atom stereocenters. The molecule has 1 aliphatic rings. The minimum absolute atomic E-state index is 0.0210. The second-order valence-corrected chi connectivity index (χ2v) is 9.47. The molecule has 2 rings (SSSR count). The average Bonchev–Trinajstić information content (AvgIpc) is 2.78. The molecule has 1 N–H and O–H groups in total. The lowest BCUT2D eigenvalue weighted by Gasteiger charge is -2.24. The zero-order valence-electron chi connectivity index (χ0n) is 12.0. The highest BCUT2D eigenvalue weighted by molar-refractivity contribution is 7.92. The van der Waals surface area contributed by atoms with Crippen LogP contribution in [-0.4, -0.2) is 50.8 Å². The van der Waals surface area contributed by atoms with Crippen LogP contribution in [0.3, 0.4) is 0 Å². The molecule has 6 nitrogen and oxygen atoms in total. The number of nitrogens with zero attached hydrogens (tertiary/aromatic N) is 1. The fraction of sp³-hybridized carbons (Fsp3) is 0.538. The number of rotatable bonds is 4. The fourth-order valence-electron chi connectivity index (χ4n) is 2.52. The first-order valence-corrected chi connectivity index (χ1v) is 9.83. The number of hydrogen-bond donors (Lipinski definition) is 1. The van der Waals surface area contributed by atoms with Crippen molar-refractivity contribution in [2.24, 2.45) is 0 Å². The summed E-state index contributed by atoms with van der Waals surface area (Å²) in [6.07, 6.45) is 0.316. The lowest BCUT2D eigenvalue weighted by atomic mass is 10.1. The molecule has 1 fully saturated rings. The van der Waals surface area contributed by atoms with Crippen molar-refractivity contribution in [3.8, 4) is 0 Å². The first kappa shape index (κ1) is 16.4. The molecule has 1 unspecified atom stereocenters. The van der Waals surface area contributed by atoms with E-state index in [0.29, 0.717) is 17.5 Å². The molecule has 0 saturated carbocycles. The van der Waals surface area contributed by atoms with Gasteiger partial charge in [0.1, 0.15) is 0 Å². The van der Waals surface area contributed by atoms with Gasteiger partial charge in [0.2, 0.25) is 10.0 Å². The van der Waals surface area contributed by atoms with Gasteiger partial charge in [-0.1, -0.05) is 12.1 Å². The largest absolute Gasteiger partial charge is 0.392 e. The first-order valence-electron chi connectivity index (χ1n) is 6.57. The van der Waals surface area contributed by atoms with Gasteiger partial charge >= 0.3 is 0 Å². The van der Waals surface area contributed by atoms with E-state index in [9.17, 15) is 21.9 Å². The molecule has 1 aliphatic heterocycles. The summed E-state index contributed by atoms with van der Waals surface area (Å²) < 4.78 is 49.5. The second kappa shape index (κ2) is 5.68. The normalized spacial score (nSPS) is 21.8. The quantitative estimate of drug-likeness (QED) is 0.855. The third-order valence-corrected chi connectivity index (χ3v) is 7.75. The van der Waals surface area contributed by atoms with E-state index >= 15 is 0 Å². The molecule has 0 aromatic heterocycles. The van der Waals surface area contributed by atoms with Crippen molar-refractivity contribution in [3.63, 3.8) is 0 Å². The molecule has 0 amide bonds. The summed E-state index contributed by atoms with van der Waals surface area (Å²) >= 11 is 0. The molecule has 1 aromatic carbocycles. The molecule has 1 saturated heterocycles. The molecule has 8 heteroatoms. The van der Waals surface area contributed by atoms with Gasteiger partial charge in [0, 0.05) is 13.1 Å². The molecule has 1 heterocycles. The van der Waals surface area contributed by atoms with Crippen LogP contribution in [0.25, 0.3) is 0 Å². The smallest absolute Gasteiger partial charge is 0.243 e. The summed E-state index contributed by atoms with van der Waals surface area (Å²) in [7, 11) is -5.52. The van der Waals surface area contributed by atoms with Crippen molar-refractivity contribution in [2.45, 2.75) is 30.9 Å². The summed E-state index contributed by atoms with van der Waals surface area (Å²) in [5.74, 6) is -0.116. The van der Waals surface area contributed by atoms with Crippen molar-refractivity contribution in [1.82, 2.24) is 4.31 Å². The maximum absolute atomic E-state index is 12.7. The van der Waals surface area contributed by atoms with Crippen LogP contribution in [0.15, 0.2) is 23.1 Å². The summed E-state index contributed by atoms with van der Waals surface area (Å²) in [5, 5.41) is 9.24. The van der Waals surface area contributed by atoms with E-state index in [1.54, 1.807) is 19.1 Å². The number of aliphatic hydroxyl groups excluding tert-OH is 1. The fourth-order valence-corrected chi connectivity index (χ4v) is 6.04. The van der Waals surface area contributed by atoms with E-state index in [0.717, 1.165) is 4.31 Å². The zero-order valence-corrected chi connectivity index (χ0v) is 13.6. The Hall–Kier alpha value is -0.960. The van der Waals surface area contributed by atoms with E-state index in [1.165, 1.54) is 13.1 Å². The highest BCUT2D eigenvalue weighted by atomic mass is 32.2. The van der Waals surface area contributed by atoms with Crippen molar-refractivity contribution in [3.05, 3.63) is 29.3 Å². The Balaban J connectivity index is 2.39. The van der Waals surface area contributed by atoms with Gasteiger partial charge in [-0.15, -0.1) is 0 Å². The maximum Gasteiger partial charge on any atom is 0.243 e. The number of sulfonamides is 1. The minimum Gasteiger partial charge on any atom is -0.392 e. The SMILES string of the molecule is Cc1c(CO)cccc1S(=O)(=O)N(C)C1CCS(=O)(=O)C1. The van der Waals surface area contributed by atoms with Crippen LogP contribution in [-0.2, 0) is 26.5 Å². The van der Waals surface area contributed by atoms with Crippen LogP contribution in [0.5, 0.6) is 0 Å². The number of hydrogen-bond acceptors (Lipinski definition) is 5. The molecule has 0 bridgehead atoms. The van der Waals surface area contributed by atoms with E-state index in [1.807, 2.05) is 0 Å². The maximum atomic E-state index is 12.7. The van der Waals surface area contributed by atoms with Gasteiger partial charge in [0.15, 0.2) is 9.84 Å². The third-order valence-electron chi connectivity index (χ3n) is 3.95. The molecular weight excluding hydrogens is 314 g/mol. The Morgan fingerprint density at radius 1 is 1.38 bits per heavy atom. The first-order chi connectivity index (χ1) is 9.69. The van der Waals surface area contributed by atoms with E-state index in [-0.39, 0.29) is 23.0 Å². The van der Waals surface area contributed by atoms with Crippen molar-refractivity contribution in [1.29, 1.82) is 0 Å². The standard InChI is InChI=1S/C13H19NO5S2/c1-10-11(8-15)4-3-5-13(10)21(18,19)14(2)12-6-7-20(16,17)9-12/h3-5,12,15H,6-9H2,1-2H3. The van der Waals surface area contributed by atoms with Gasteiger partial charge in [0.05, 0.1) is 23.0 Å². The lowest BCUT2D eigenvalue weighted by molar-refractivity contribution is 0.280. The van der Waals surface area contributed by atoms with Gasteiger partial charge in [-0.25, -0.2) is 16.8 Å². The number of sulfone groups is 1. The monoisotopic (exact) mass is 333 g/mol. The van der Waals surface area contributed by atoms with Gasteiger partial charge in [-0.05, 0) is 30.5 Å². The van der Waals surface area contributed by atoms with Crippen LogP contribution in [0.4, 0.5) is 0 Å². The highest BCUT2D eigenvalue weighted by Gasteiger charge is 2.37. The minimum atomic E-state index is -3.78. The van der Waals surface area contributed by atoms with Crippen LogP contribution in [0, 0.1) is 6.92 Å². The second-order valence-electron chi connectivity index (χ2n) is 5.28. The molecule has 1 aromatic rings. The van der Waals surface area contributed by atoms with Gasteiger partial charge < -0.3 is 5.11 Å². The van der Waals surface area contributed by atoms with Crippen LogP contribution >= 0.6 is 0 Å². The van der Waals surface area contributed by atoms with E-state index in [4.69, 9.17) is 0 Å². The third kappa shape index (κ3) is 3.13. The van der Waals surface area contributed by atoms with Crippen molar-refractivity contribution < 1.29 is 21.9 Å².